The van der Waals surface area contributed by atoms with Crippen molar-refractivity contribution in [1.82, 2.24) is 29.7 Å². The van der Waals surface area contributed by atoms with Crippen molar-refractivity contribution >= 4 is 11.6 Å². The van der Waals surface area contributed by atoms with Crippen LogP contribution in [0, 0.1) is 5.82 Å². The summed E-state index contributed by atoms with van der Waals surface area (Å²) >= 11 is 0. The molecule has 1 aromatic carbocycles. The molecule has 2 N–H and O–H groups in total. The number of hydrogen-bond donors (Lipinski definition) is 2. The number of nitrogens with one attached hydrogen (secondary N) is 1. The zero-order chi connectivity index (χ0) is 19.0. The number of rotatable bonds is 4. The van der Waals surface area contributed by atoms with E-state index in [4.69, 9.17) is 5.11 Å². The summed E-state index contributed by atoms with van der Waals surface area (Å²) in [6, 6.07) is 6.32. The van der Waals surface area contributed by atoms with Crippen molar-refractivity contribution in [1.29, 1.82) is 0 Å². The molecule has 27 heavy (non-hydrogen) atoms. The highest BCUT2D eigenvalue weighted by atomic mass is 19.1. The molecule has 0 spiro atoms. The Morgan fingerprint density at radius 2 is 2.11 bits per heavy atom. The van der Waals surface area contributed by atoms with Crippen molar-refractivity contribution < 1.29 is 14.3 Å². The number of amides is 1. The zero-order valence-electron chi connectivity index (χ0n) is 14.3. The Bertz CT molecular complexity index is 1150. The molecule has 4 rings (SSSR count). The van der Waals surface area contributed by atoms with E-state index in [1.807, 2.05) is 6.20 Å². The first-order valence-corrected chi connectivity index (χ1v) is 8.10. The summed E-state index contributed by atoms with van der Waals surface area (Å²) < 4.78 is 18.1. The van der Waals surface area contributed by atoms with Gasteiger partial charge in [-0.15, -0.1) is 0 Å². The number of aromatic nitrogens is 5. The van der Waals surface area contributed by atoms with E-state index in [-0.39, 0.29) is 6.54 Å². The van der Waals surface area contributed by atoms with Crippen LogP contribution in [0.5, 0.6) is 0 Å². The molecule has 9 heteroatoms. The van der Waals surface area contributed by atoms with Crippen molar-refractivity contribution in [2.45, 2.75) is 6.54 Å². The average molecular weight is 366 g/mol. The van der Waals surface area contributed by atoms with Gasteiger partial charge in [0.2, 0.25) is 0 Å². The maximum absolute atomic E-state index is 14.8. The number of nitrogens with zero attached hydrogens (tertiary/aromatic N) is 5. The fourth-order valence-corrected chi connectivity index (χ4v) is 2.86. The smallest absolute Gasteiger partial charge is 0.404 e. The van der Waals surface area contributed by atoms with E-state index in [9.17, 15) is 9.18 Å². The molecular weight excluding hydrogens is 351 g/mol. The number of benzene rings is 1. The van der Waals surface area contributed by atoms with Crippen LogP contribution >= 0.6 is 0 Å². The van der Waals surface area contributed by atoms with E-state index in [0.717, 1.165) is 5.56 Å². The summed E-state index contributed by atoms with van der Waals surface area (Å²) in [6.07, 6.45) is 5.72. The maximum atomic E-state index is 14.8. The Morgan fingerprint density at radius 1 is 1.26 bits per heavy atom. The van der Waals surface area contributed by atoms with Gasteiger partial charge in [0, 0.05) is 30.9 Å². The maximum Gasteiger partial charge on any atom is 0.404 e. The number of halogens is 1. The molecule has 0 aliphatic carbocycles. The van der Waals surface area contributed by atoms with Crippen molar-refractivity contribution in [3.05, 3.63) is 60.4 Å². The molecule has 0 bridgehead atoms. The van der Waals surface area contributed by atoms with E-state index < -0.39 is 11.9 Å². The number of carboxylic acid groups (broad SMARTS) is 1. The molecule has 3 heterocycles. The first-order chi connectivity index (χ1) is 13.0. The predicted octanol–water partition coefficient (Wildman–Crippen LogP) is 2.70. The highest BCUT2D eigenvalue weighted by molar-refractivity contribution is 5.79. The van der Waals surface area contributed by atoms with Gasteiger partial charge >= 0.3 is 6.09 Å². The fraction of sp³-hybridized carbons (Fsp3) is 0.111. The number of fused-ring (bicyclic) bond motifs is 1. The molecule has 4 aromatic rings. The van der Waals surface area contributed by atoms with Crippen molar-refractivity contribution in [3.63, 3.8) is 0 Å². The van der Waals surface area contributed by atoms with Gasteiger partial charge in [0.15, 0.2) is 0 Å². The molecule has 0 unspecified atom stereocenters. The summed E-state index contributed by atoms with van der Waals surface area (Å²) in [6.45, 7) is 0.0256. The Labute approximate surface area is 152 Å². The minimum absolute atomic E-state index is 0.0256. The van der Waals surface area contributed by atoms with E-state index >= 15 is 0 Å². The monoisotopic (exact) mass is 366 g/mol. The minimum Gasteiger partial charge on any atom is -0.465 e. The molecular formula is C18H15FN6O2. The largest absolute Gasteiger partial charge is 0.465 e. The normalized spacial score (nSPS) is 11.0. The SMILES string of the molecule is Cn1cc(-c2cn3nccc3c(-c3ccc(CNC(=O)O)cc3F)n2)cn1. The minimum atomic E-state index is -1.16. The van der Waals surface area contributed by atoms with Crippen molar-refractivity contribution in [2.24, 2.45) is 7.05 Å². The average Bonchev–Trinajstić information content (AvgIpc) is 3.28. The van der Waals surface area contributed by atoms with E-state index in [1.54, 1.807) is 53.0 Å². The van der Waals surface area contributed by atoms with Crippen molar-refractivity contribution in [3.8, 4) is 22.5 Å². The Balaban J connectivity index is 1.81. The van der Waals surface area contributed by atoms with Gasteiger partial charge in [-0.25, -0.2) is 18.7 Å². The summed E-state index contributed by atoms with van der Waals surface area (Å²) in [7, 11) is 1.81. The van der Waals surface area contributed by atoms with Crippen LogP contribution in [0.3, 0.4) is 0 Å². The van der Waals surface area contributed by atoms with Gasteiger partial charge in [0.25, 0.3) is 0 Å². The molecule has 0 saturated heterocycles. The summed E-state index contributed by atoms with van der Waals surface area (Å²) in [4.78, 5) is 15.2. The second-order valence-corrected chi connectivity index (χ2v) is 6.01. The van der Waals surface area contributed by atoms with Crippen LogP contribution in [0.4, 0.5) is 9.18 Å². The van der Waals surface area contributed by atoms with Crippen molar-refractivity contribution in [2.75, 3.05) is 0 Å². The highest BCUT2D eigenvalue weighted by Gasteiger charge is 2.15. The Kier molecular flexibility index (Phi) is 4.03. The Hall–Kier alpha value is -3.75. The standard InChI is InChI=1S/C18H15FN6O2/c1-24-9-12(8-22-24)15-10-25-16(4-5-21-25)17(23-15)13-3-2-11(6-14(13)19)7-20-18(26)27/h2-6,8-10,20H,7H2,1H3,(H,26,27). The number of aryl methyl sites for hydroxylation is 1. The molecule has 0 aliphatic heterocycles. The van der Waals surface area contributed by atoms with Crippen LogP contribution in [0.15, 0.2) is 49.1 Å². The lowest BCUT2D eigenvalue weighted by molar-refractivity contribution is 0.194. The van der Waals surface area contributed by atoms with Gasteiger partial charge in [-0.2, -0.15) is 10.2 Å². The molecule has 8 nitrogen and oxygen atoms in total. The molecule has 0 saturated carbocycles. The number of carbonyl (C=O) groups is 1. The van der Waals surface area contributed by atoms with Crippen LogP contribution in [0.2, 0.25) is 0 Å². The lowest BCUT2D eigenvalue weighted by Gasteiger charge is -2.09. The van der Waals surface area contributed by atoms with Crippen LogP contribution in [-0.2, 0) is 13.6 Å². The van der Waals surface area contributed by atoms with Gasteiger partial charge in [0.1, 0.15) is 5.82 Å². The van der Waals surface area contributed by atoms with E-state index in [1.165, 1.54) is 6.07 Å². The molecule has 136 valence electrons. The van der Waals surface area contributed by atoms with Gasteiger partial charge in [-0.1, -0.05) is 6.07 Å². The predicted molar refractivity (Wildman–Crippen MR) is 95.4 cm³/mol. The molecule has 0 radical (unpaired) electrons. The molecule has 0 atom stereocenters. The van der Waals surface area contributed by atoms with Gasteiger partial charge in [0.05, 0.1) is 35.5 Å². The first-order valence-electron chi connectivity index (χ1n) is 8.10. The first kappa shape index (κ1) is 16.7. The molecule has 0 aliphatic rings. The molecule has 1 amide bonds. The quantitative estimate of drug-likeness (QED) is 0.579. The van der Waals surface area contributed by atoms with E-state index in [0.29, 0.717) is 28.0 Å². The van der Waals surface area contributed by atoms with Gasteiger partial charge in [-0.3, -0.25) is 4.68 Å². The summed E-state index contributed by atoms with van der Waals surface area (Å²) in [5.74, 6) is -0.487. The highest BCUT2D eigenvalue weighted by Crippen LogP contribution is 2.29. The third kappa shape index (κ3) is 3.22. The Morgan fingerprint density at radius 3 is 2.81 bits per heavy atom. The van der Waals surface area contributed by atoms with Crippen LogP contribution in [-0.4, -0.2) is 35.6 Å². The third-order valence-corrected chi connectivity index (χ3v) is 4.12. The van der Waals surface area contributed by atoms with Gasteiger partial charge in [-0.05, 0) is 23.8 Å². The number of hydrogen-bond acceptors (Lipinski definition) is 4. The second-order valence-electron chi connectivity index (χ2n) is 6.01. The lowest BCUT2D eigenvalue weighted by atomic mass is 10.1. The van der Waals surface area contributed by atoms with Crippen LogP contribution < -0.4 is 5.32 Å². The summed E-state index contributed by atoms with van der Waals surface area (Å²) in [5.41, 5.74) is 3.35. The second kappa shape index (κ2) is 6.52. The third-order valence-electron chi connectivity index (χ3n) is 4.12. The zero-order valence-corrected chi connectivity index (χ0v) is 14.3. The van der Waals surface area contributed by atoms with Crippen LogP contribution in [0.1, 0.15) is 5.56 Å². The van der Waals surface area contributed by atoms with E-state index in [2.05, 4.69) is 20.5 Å². The van der Waals surface area contributed by atoms with Gasteiger partial charge < -0.3 is 10.4 Å². The topological polar surface area (TPSA) is 97.3 Å². The summed E-state index contributed by atoms with van der Waals surface area (Å²) in [5, 5.41) is 19.3. The molecule has 0 fully saturated rings. The molecule has 3 aromatic heterocycles. The lowest BCUT2D eigenvalue weighted by Crippen LogP contribution is -2.19. The van der Waals surface area contributed by atoms with Crippen LogP contribution in [0.25, 0.3) is 28.0 Å². The fourth-order valence-electron chi connectivity index (χ4n) is 2.86.